The minimum atomic E-state index is -1.01. The lowest BCUT2D eigenvalue weighted by atomic mass is 9.71. The highest BCUT2D eigenvalue weighted by molar-refractivity contribution is 5.38. The second kappa shape index (κ2) is 34.1. The molecule has 0 saturated heterocycles. The van der Waals surface area contributed by atoms with Crippen molar-refractivity contribution in [2.24, 2.45) is 17.6 Å². The molecule has 0 heterocycles. The topological polar surface area (TPSA) is 177 Å². The summed E-state index contributed by atoms with van der Waals surface area (Å²) in [6.45, 7) is 18.1. The SMILES string of the molecule is C=O.COc1cccc([C@@]2(OC)CCCC[C@H]2CN(C)C)c1.COc1cccc([C@@]2(OC)CCCC[C@H]2CN)c1.O=CO.[C-]#[N+][C@@H]1CCCC[C@]1(O)c1cccc(OC)c1.[C-]#[N+][C@@H]1CCCC[C@]1(OC)c1cccc(OC)c1. The Morgan fingerprint density at radius 1 is 0.551 bits per heavy atom. The summed E-state index contributed by atoms with van der Waals surface area (Å²) in [5, 5.41) is 17.6. The largest absolute Gasteiger partial charge is 0.497 e. The Labute approximate surface area is 466 Å². The molecule has 4 aliphatic carbocycles. The van der Waals surface area contributed by atoms with Gasteiger partial charge in [0.15, 0.2) is 11.2 Å². The normalized spacial score (nSPS) is 26.1. The highest BCUT2D eigenvalue weighted by Crippen LogP contribution is 2.47. The second-order valence-corrected chi connectivity index (χ2v) is 20.4. The van der Waals surface area contributed by atoms with E-state index >= 15 is 0 Å². The predicted octanol–water partition coefficient (Wildman–Crippen LogP) is 11.6. The number of aliphatic hydroxyl groups is 1. The Morgan fingerprint density at radius 2 is 0.885 bits per heavy atom. The molecule has 0 spiro atoms. The van der Waals surface area contributed by atoms with Crippen molar-refractivity contribution >= 4 is 13.3 Å². The van der Waals surface area contributed by atoms with Crippen LogP contribution in [0, 0.1) is 25.0 Å². The summed E-state index contributed by atoms with van der Waals surface area (Å²) in [7, 11) is 16.3. The zero-order valence-corrected chi connectivity index (χ0v) is 48.0. The number of methoxy groups -OCH3 is 7. The van der Waals surface area contributed by atoms with Crippen molar-refractivity contribution in [3.63, 3.8) is 0 Å². The number of rotatable bonds is 14. The standard InChI is InChI=1S/C17H27NO2.C15H19NO2.C15H23NO2.C14H17NO2.CH2O2.CH2O/c1-18(2)13-15-8-5-6-11-17(15,20-4)14-9-7-10-16(12-14)19-3;1-16-14-9-4-5-10-15(14,18-3)12-7-6-8-13(11-12)17-2;1-17-14-8-5-7-12(10-14)15(18-2)9-4-3-6-13(15)11-16;1-15-13-8-3-4-9-14(13,16)11-6-5-7-12(10-11)17-2;2-1-3;1-2/h7,9-10,12,15H,5-6,8,11,13H2,1-4H3;6-8,11,14H,4-5,9-10H2,2-3H3;5,7-8,10,13H,3-4,6,9,11,16H2,1-2H3;5-7,10,13,16H,3-4,8-9H2,2H3;1H,(H,2,3);1H2/t15-,17-;14-,15+;13-,15-;13-,14+;;/m0101../s1. The Balaban J connectivity index is 0.000000266. The first-order valence-electron chi connectivity index (χ1n) is 27.2. The van der Waals surface area contributed by atoms with Crippen LogP contribution in [0.2, 0.25) is 0 Å². The molecule has 4 N–H and O–H groups in total. The maximum atomic E-state index is 10.8. The molecule has 0 aromatic heterocycles. The van der Waals surface area contributed by atoms with Crippen molar-refractivity contribution in [3.8, 4) is 23.0 Å². The lowest BCUT2D eigenvalue weighted by Gasteiger charge is -2.44. The summed E-state index contributed by atoms with van der Waals surface area (Å²) >= 11 is 0. The second-order valence-electron chi connectivity index (χ2n) is 20.4. The number of ether oxygens (including phenoxy) is 7. The van der Waals surface area contributed by atoms with Crippen LogP contribution in [0.5, 0.6) is 23.0 Å². The van der Waals surface area contributed by atoms with Crippen molar-refractivity contribution in [2.75, 3.05) is 77.0 Å². The van der Waals surface area contributed by atoms with Crippen LogP contribution in [0.15, 0.2) is 97.1 Å². The van der Waals surface area contributed by atoms with Gasteiger partial charge in [0.1, 0.15) is 29.8 Å². The molecule has 4 fully saturated rings. The maximum absolute atomic E-state index is 10.8. The van der Waals surface area contributed by atoms with Crippen molar-refractivity contribution in [2.45, 2.75) is 137 Å². The molecule has 4 saturated carbocycles. The molecular formula is C63H90N4O11. The van der Waals surface area contributed by atoms with E-state index in [9.17, 15) is 5.11 Å². The van der Waals surface area contributed by atoms with E-state index in [1.165, 1.54) is 43.2 Å². The molecule has 428 valence electrons. The first-order valence-corrected chi connectivity index (χ1v) is 27.2. The Hall–Kier alpha value is -6.04. The van der Waals surface area contributed by atoms with E-state index in [2.05, 4.69) is 59.0 Å². The number of carbonyl (C=O) groups excluding carboxylic acids is 1. The fourth-order valence-electron chi connectivity index (χ4n) is 12.1. The van der Waals surface area contributed by atoms with Gasteiger partial charge in [0.05, 0.1) is 39.6 Å². The van der Waals surface area contributed by atoms with Crippen molar-refractivity contribution < 1.29 is 53.0 Å². The highest BCUT2D eigenvalue weighted by Gasteiger charge is 2.48. The van der Waals surface area contributed by atoms with E-state index in [1.807, 2.05) is 80.6 Å². The molecule has 0 radical (unpaired) electrons. The first kappa shape index (κ1) is 66.2. The van der Waals surface area contributed by atoms with Gasteiger partial charge in [-0.3, -0.25) is 4.79 Å². The van der Waals surface area contributed by atoms with Crippen LogP contribution in [0.3, 0.4) is 0 Å². The van der Waals surface area contributed by atoms with Gasteiger partial charge in [0, 0.05) is 52.6 Å². The molecule has 0 bridgehead atoms. The van der Waals surface area contributed by atoms with Crippen molar-refractivity contribution in [3.05, 3.63) is 142 Å². The van der Waals surface area contributed by atoms with Crippen LogP contribution in [0.25, 0.3) is 9.69 Å². The third-order valence-corrected chi connectivity index (χ3v) is 16.2. The van der Waals surface area contributed by atoms with Gasteiger partial charge in [0.25, 0.3) is 18.6 Å². The summed E-state index contributed by atoms with van der Waals surface area (Å²) in [5.41, 5.74) is 8.39. The molecule has 4 aromatic carbocycles. The molecule has 4 aromatic rings. The van der Waals surface area contributed by atoms with Gasteiger partial charge < -0.3 is 68.5 Å². The quantitative estimate of drug-likeness (QED) is 0.0804. The first-order chi connectivity index (χ1) is 37.8. The van der Waals surface area contributed by atoms with Crippen LogP contribution in [0.1, 0.15) is 125 Å². The molecule has 8 atom stereocenters. The molecule has 15 heteroatoms. The van der Waals surface area contributed by atoms with Crippen molar-refractivity contribution in [1.29, 1.82) is 0 Å². The van der Waals surface area contributed by atoms with Crippen LogP contribution < -0.4 is 24.7 Å². The monoisotopic (exact) mass is 1080 g/mol. The Kier molecular flexibility index (Phi) is 28.9. The summed E-state index contributed by atoms with van der Waals surface area (Å²) in [5.74, 6) is 4.26. The van der Waals surface area contributed by atoms with E-state index in [0.29, 0.717) is 24.8 Å². The fraction of sp³-hybridized carbons (Fsp3) is 0.556. The van der Waals surface area contributed by atoms with Gasteiger partial charge in [-0.25, -0.2) is 13.1 Å². The maximum Gasteiger partial charge on any atom is 0.290 e. The average molecular weight is 1080 g/mol. The van der Waals surface area contributed by atoms with E-state index < -0.39 is 11.2 Å². The number of carbonyl (C=O) groups is 2. The van der Waals surface area contributed by atoms with E-state index in [0.717, 1.165) is 105 Å². The van der Waals surface area contributed by atoms with Crippen LogP contribution in [-0.4, -0.2) is 117 Å². The average Bonchev–Trinajstić information content (AvgIpc) is 3.51. The molecule has 15 nitrogen and oxygen atoms in total. The molecular weight excluding hydrogens is 989 g/mol. The lowest BCUT2D eigenvalue weighted by Crippen LogP contribution is -2.44. The van der Waals surface area contributed by atoms with Gasteiger partial charge in [-0.2, -0.15) is 0 Å². The summed E-state index contributed by atoms with van der Waals surface area (Å²) in [4.78, 5) is 26.0. The smallest absolute Gasteiger partial charge is 0.290 e. The number of hydrogen-bond acceptors (Lipinski definition) is 12. The Bertz CT molecular complexity index is 2450. The number of benzene rings is 4. The minimum Gasteiger partial charge on any atom is -0.497 e. The third-order valence-electron chi connectivity index (χ3n) is 16.2. The zero-order chi connectivity index (χ0) is 57.6. The molecule has 78 heavy (non-hydrogen) atoms. The zero-order valence-electron chi connectivity index (χ0n) is 48.0. The fourth-order valence-corrected chi connectivity index (χ4v) is 12.1. The number of nitrogens with two attached hydrogens (primary N) is 1. The molecule has 0 unspecified atom stereocenters. The van der Waals surface area contributed by atoms with Gasteiger partial charge in [-0.1, -0.05) is 74.2 Å². The van der Waals surface area contributed by atoms with Crippen LogP contribution >= 0.6 is 0 Å². The molecule has 8 rings (SSSR count). The van der Waals surface area contributed by atoms with E-state index in [-0.39, 0.29) is 29.8 Å². The predicted molar refractivity (Wildman–Crippen MR) is 307 cm³/mol. The third kappa shape index (κ3) is 16.7. The number of hydrogen-bond donors (Lipinski definition) is 3. The van der Waals surface area contributed by atoms with Gasteiger partial charge in [-0.05, 0) is 156 Å². The van der Waals surface area contributed by atoms with Gasteiger partial charge in [0.2, 0.25) is 0 Å². The summed E-state index contributed by atoms with van der Waals surface area (Å²) < 4.78 is 39.0. The molecule has 0 amide bonds. The number of carboxylic acid groups (broad SMARTS) is 1. The van der Waals surface area contributed by atoms with E-state index in [4.69, 9.17) is 66.7 Å². The van der Waals surface area contributed by atoms with Gasteiger partial charge >= 0.3 is 0 Å². The summed E-state index contributed by atoms with van der Waals surface area (Å²) in [6.07, 6.45) is 16.9. The Morgan fingerprint density at radius 3 is 1.27 bits per heavy atom. The lowest BCUT2D eigenvalue weighted by molar-refractivity contribution is -0.122. The summed E-state index contributed by atoms with van der Waals surface area (Å²) in [6, 6.07) is 31.5. The molecule has 0 aliphatic heterocycles. The van der Waals surface area contributed by atoms with Gasteiger partial charge in [-0.15, -0.1) is 0 Å². The highest BCUT2D eigenvalue weighted by atomic mass is 16.5. The van der Waals surface area contributed by atoms with Crippen LogP contribution in [-0.2, 0) is 46.2 Å². The van der Waals surface area contributed by atoms with Crippen molar-refractivity contribution in [1.82, 2.24) is 4.90 Å². The van der Waals surface area contributed by atoms with E-state index in [1.54, 1.807) is 42.7 Å². The van der Waals surface area contributed by atoms with Crippen LogP contribution in [0.4, 0.5) is 0 Å². The minimum absolute atomic E-state index is 0.0941. The number of nitrogens with zero attached hydrogens (tertiary/aromatic N) is 3. The molecule has 4 aliphatic rings.